The van der Waals surface area contributed by atoms with Crippen LogP contribution >= 0.6 is 22.9 Å². The second-order valence-electron chi connectivity index (χ2n) is 9.94. The monoisotopic (exact) mass is 595 g/mol. The van der Waals surface area contributed by atoms with Crippen LogP contribution in [0.2, 0.25) is 5.02 Å². The Morgan fingerprint density at radius 3 is 2.54 bits per heavy atom. The van der Waals surface area contributed by atoms with E-state index in [4.69, 9.17) is 25.8 Å². The lowest BCUT2D eigenvalue weighted by Gasteiger charge is -2.25. The molecule has 1 unspecified atom stereocenters. The lowest BCUT2D eigenvalue weighted by atomic mass is 10.1. The molecule has 2 aromatic carbocycles. The third kappa shape index (κ3) is 8.10. The van der Waals surface area contributed by atoms with Crippen molar-refractivity contribution in [2.24, 2.45) is 0 Å². The fourth-order valence-electron chi connectivity index (χ4n) is 4.10. The van der Waals surface area contributed by atoms with Gasteiger partial charge in [0.25, 0.3) is 0 Å². The fraction of sp³-hybridized carbons (Fsp3) is 0.483. The number of nitrogens with one attached hydrogen (secondary N) is 1. The molecular weight excluding hydrogens is 558 g/mol. The molecule has 39 heavy (non-hydrogen) atoms. The van der Waals surface area contributed by atoms with E-state index < -0.39 is 21.4 Å². The number of carbonyl (C=O) groups is 1. The van der Waals surface area contributed by atoms with Crippen molar-refractivity contribution in [2.45, 2.75) is 70.3 Å². The normalized spacial score (nSPS) is 12.9. The molecule has 1 atom stereocenters. The highest BCUT2D eigenvalue weighted by Gasteiger charge is 2.32. The second kappa shape index (κ2) is 13.4. The summed E-state index contributed by atoms with van der Waals surface area (Å²) >= 11 is 7.40. The van der Waals surface area contributed by atoms with Crippen LogP contribution in [0.15, 0.2) is 40.6 Å². The molecular formula is C29H38ClNO6S2. The second-order valence-corrected chi connectivity index (χ2v) is 13.7. The molecule has 1 aromatic heterocycles. The summed E-state index contributed by atoms with van der Waals surface area (Å²) in [5, 5.41) is 4.82. The Morgan fingerprint density at radius 1 is 1.13 bits per heavy atom. The van der Waals surface area contributed by atoms with Crippen molar-refractivity contribution in [1.29, 1.82) is 0 Å². The number of ether oxygens (including phenoxy) is 3. The molecule has 3 rings (SSSR count). The average molecular weight is 596 g/mol. The highest BCUT2D eigenvalue weighted by Crippen LogP contribution is 2.36. The van der Waals surface area contributed by atoms with Gasteiger partial charge in [0.15, 0.2) is 15.4 Å². The molecule has 0 amide bonds. The first-order valence-corrected chi connectivity index (χ1v) is 16.0. The molecule has 0 aliphatic rings. The van der Waals surface area contributed by atoms with E-state index >= 15 is 0 Å². The van der Waals surface area contributed by atoms with Gasteiger partial charge in [-0.2, -0.15) is 0 Å². The molecule has 0 aliphatic heterocycles. The molecule has 0 fully saturated rings. The minimum atomic E-state index is -3.39. The lowest BCUT2D eigenvalue weighted by Crippen LogP contribution is -2.39. The molecule has 1 N–H and O–H groups in total. The summed E-state index contributed by atoms with van der Waals surface area (Å²) in [6.07, 6.45) is 1.19. The molecule has 0 saturated carbocycles. The number of fused-ring (bicyclic) bond motifs is 1. The summed E-state index contributed by atoms with van der Waals surface area (Å²) in [7, 11) is -3.39. The first-order valence-electron chi connectivity index (χ1n) is 13.1. The first-order chi connectivity index (χ1) is 18.4. The van der Waals surface area contributed by atoms with Gasteiger partial charge in [0.05, 0.1) is 12.4 Å². The number of carbonyl (C=O) groups excluding carboxylic acids is 1. The summed E-state index contributed by atoms with van der Waals surface area (Å²) in [6.45, 7) is 12.3. The maximum absolute atomic E-state index is 13.0. The molecule has 1 heterocycles. The number of rotatable bonds is 14. The van der Waals surface area contributed by atoms with E-state index in [0.29, 0.717) is 46.8 Å². The van der Waals surface area contributed by atoms with Crippen LogP contribution in [0.4, 0.5) is 0 Å². The highest BCUT2D eigenvalue weighted by molar-refractivity contribution is 7.93. The van der Waals surface area contributed by atoms with Crippen molar-refractivity contribution >= 4 is 48.8 Å². The molecule has 0 saturated heterocycles. The van der Waals surface area contributed by atoms with Crippen LogP contribution in [-0.2, 0) is 19.4 Å². The summed E-state index contributed by atoms with van der Waals surface area (Å²) < 4.78 is 44.5. The smallest absolute Gasteiger partial charge is 0.349 e. The molecule has 214 valence electrons. The summed E-state index contributed by atoms with van der Waals surface area (Å²) in [4.78, 5) is 12.2. The van der Waals surface area contributed by atoms with E-state index in [1.807, 2.05) is 45.0 Å². The van der Waals surface area contributed by atoms with Crippen molar-refractivity contribution in [3.8, 4) is 11.5 Å². The Bertz CT molecular complexity index is 1400. The quantitative estimate of drug-likeness (QED) is 0.168. The molecule has 0 spiro atoms. The van der Waals surface area contributed by atoms with E-state index in [1.165, 1.54) is 11.3 Å². The Hall–Kier alpha value is -2.33. The number of aryl methyl sites for hydroxylation is 2. The number of hydrogen-bond acceptors (Lipinski definition) is 8. The van der Waals surface area contributed by atoms with E-state index in [0.717, 1.165) is 27.6 Å². The minimum Gasteiger partial charge on any atom is -0.489 e. The van der Waals surface area contributed by atoms with Gasteiger partial charge in [-0.1, -0.05) is 18.5 Å². The maximum Gasteiger partial charge on any atom is 0.349 e. The summed E-state index contributed by atoms with van der Waals surface area (Å²) in [5.41, 5.74) is 0.508. The Labute approximate surface area is 240 Å². The van der Waals surface area contributed by atoms with E-state index in [9.17, 15) is 13.2 Å². The molecule has 10 heteroatoms. The van der Waals surface area contributed by atoms with Gasteiger partial charge in [-0.05, 0) is 107 Å². The number of hydrogen-bond donors (Lipinski definition) is 1. The Morgan fingerprint density at radius 2 is 1.87 bits per heavy atom. The molecule has 0 aliphatic carbocycles. The number of sulfone groups is 1. The summed E-state index contributed by atoms with van der Waals surface area (Å²) in [5.74, 6) is 0.940. The van der Waals surface area contributed by atoms with Crippen molar-refractivity contribution in [2.75, 3.05) is 25.4 Å². The number of halogens is 1. The lowest BCUT2D eigenvalue weighted by molar-refractivity contribution is -0.158. The van der Waals surface area contributed by atoms with Gasteiger partial charge in [-0.3, -0.25) is 0 Å². The maximum atomic E-state index is 13.0. The van der Waals surface area contributed by atoms with Crippen molar-refractivity contribution in [1.82, 2.24) is 5.32 Å². The van der Waals surface area contributed by atoms with Crippen molar-refractivity contribution < 1.29 is 27.4 Å². The molecule has 3 aromatic rings. The van der Waals surface area contributed by atoms with Crippen LogP contribution < -0.4 is 14.8 Å². The fourth-order valence-corrected chi connectivity index (χ4v) is 7.51. The summed E-state index contributed by atoms with van der Waals surface area (Å²) in [6, 6.07) is 11.0. The van der Waals surface area contributed by atoms with Gasteiger partial charge >= 0.3 is 5.97 Å². The largest absolute Gasteiger partial charge is 0.489 e. The number of thiophene rings is 1. The zero-order chi connectivity index (χ0) is 28.8. The highest BCUT2D eigenvalue weighted by atomic mass is 35.5. The predicted molar refractivity (Wildman–Crippen MR) is 158 cm³/mol. The van der Waals surface area contributed by atoms with Crippen LogP contribution in [0, 0.1) is 13.8 Å². The topological polar surface area (TPSA) is 90.9 Å². The Balaban J connectivity index is 1.50. The SMILES string of the molecule is CCOC(=O)C(C)(C)Oc1ccc(OC(CC)CNCCCS(=O)(=O)c2sc3ccc(Cl)cc3c2C)cc1C. The Kier molecular flexibility index (Phi) is 10.7. The molecule has 0 bridgehead atoms. The van der Waals surface area contributed by atoms with E-state index in [2.05, 4.69) is 5.32 Å². The van der Waals surface area contributed by atoms with Gasteiger partial charge in [0.2, 0.25) is 0 Å². The first kappa shape index (κ1) is 31.2. The van der Waals surface area contributed by atoms with Gasteiger partial charge in [0, 0.05) is 16.3 Å². The zero-order valence-corrected chi connectivity index (χ0v) is 25.8. The van der Waals surface area contributed by atoms with E-state index in [1.54, 1.807) is 32.9 Å². The van der Waals surface area contributed by atoms with Crippen molar-refractivity contribution in [3.63, 3.8) is 0 Å². The average Bonchev–Trinajstić information content (AvgIpc) is 3.21. The van der Waals surface area contributed by atoms with Gasteiger partial charge < -0.3 is 19.5 Å². The molecule has 7 nitrogen and oxygen atoms in total. The van der Waals surface area contributed by atoms with Crippen LogP contribution in [0.25, 0.3) is 10.1 Å². The van der Waals surface area contributed by atoms with Crippen molar-refractivity contribution in [3.05, 3.63) is 52.5 Å². The van der Waals surface area contributed by atoms with Crippen LogP contribution in [-0.4, -0.2) is 51.5 Å². The van der Waals surface area contributed by atoms with Gasteiger partial charge in [-0.25, -0.2) is 13.2 Å². The zero-order valence-electron chi connectivity index (χ0n) is 23.4. The standard InChI is InChI=1S/C29H38ClNO6S2/c1-7-22(36-23-11-12-25(19(3)16-23)37-29(5,6)28(32)35-8-2)18-31-14-9-15-39(33,34)27-20(4)24-17-21(30)10-13-26(24)38-27/h10-13,16-17,22,31H,7-9,14-15,18H2,1-6H3. The van der Waals surface area contributed by atoms with Gasteiger partial charge in [0.1, 0.15) is 21.8 Å². The number of esters is 1. The van der Waals surface area contributed by atoms with Crippen LogP contribution in [0.5, 0.6) is 11.5 Å². The van der Waals surface area contributed by atoms with Gasteiger partial charge in [-0.15, -0.1) is 11.3 Å². The molecule has 0 radical (unpaired) electrons. The number of benzene rings is 2. The minimum absolute atomic E-state index is 0.0713. The van der Waals surface area contributed by atoms with E-state index in [-0.39, 0.29) is 11.9 Å². The van der Waals surface area contributed by atoms with Crippen LogP contribution in [0.1, 0.15) is 51.7 Å². The van der Waals surface area contributed by atoms with Crippen LogP contribution in [0.3, 0.4) is 0 Å². The third-order valence-corrected chi connectivity index (χ3v) is 10.3. The predicted octanol–water partition coefficient (Wildman–Crippen LogP) is 6.50. The third-order valence-electron chi connectivity index (χ3n) is 6.31.